The van der Waals surface area contributed by atoms with Crippen molar-refractivity contribution in [2.75, 3.05) is 33.3 Å². The van der Waals surface area contributed by atoms with E-state index in [1.54, 1.807) is 36.4 Å². The maximum atomic E-state index is 12.2. The van der Waals surface area contributed by atoms with Crippen LogP contribution in [0.3, 0.4) is 0 Å². The Morgan fingerprint density at radius 3 is 1.94 bits per heavy atom. The Bertz CT molecular complexity index is 1120. The van der Waals surface area contributed by atoms with Gasteiger partial charge in [0.05, 0.1) is 39.1 Å². The van der Waals surface area contributed by atoms with Gasteiger partial charge in [0, 0.05) is 5.69 Å². The van der Waals surface area contributed by atoms with E-state index in [1.165, 1.54) is 21.3 Å². The van der Waals surface area contributed by atoms with E-state index < -0.39 is 18.5 Å². The molecule has 1 N–H and O–H groups in total. The summed E-state index contributed by atoms with van der Waals surface area (Å²) in [4.78, 5) is 24.4. The van der Waals surface area contributed by atoms with E-state index in [0.717, 1.165) is 5.69 Å². The van der Waals surface area contributed by atoms with Crippen LogP contribution in [0.2, 0.25) is 0 Å². The summed E-state index contributed by atoms with van der Waals surface area (Å²) >= 11 is 0. The molecule has 0 unspecified atom stereocenters. The minimum Gasteiger partial charge on any atom is -0.493 e. The molecule has 0 saturated carbocycles. The van der Waals surface area contributed by atoms with Crippen molar-refractivity contribution in [3.05, 3.63) is 72.3 Å². The second kappa shape index (κ2) is 12.0. The number of methoxy groups -OCH3 is 3. The van der Waals surface area contributed by atoms with Gasteiger partial charge in [-0.25, -0.2) is 0 Å². The summed E-state index contributed by atoms with van der Waals surface area (Å²) in [7, 11) is 4.47. The van der Waals surface area contributed by atoms with E-state index in [1.807, 2.05) is 30.3 Å². The highest BCUT2D eigenvalue weighted by atomic mass is 16.5. The first-order valence-electron chi connectivity index (χ1n) is 10.3. The number of anilines is 1. The molecule has 34 heavy (non-hydrogen) atoms. The van der Waals surface area contributed by atoms with Crippen molar-refractivity contribution in [3.63, 3.8) is 0 Å². The van der Waals surface area contributed by atoms with Crippen LogP contribution in [0.4, 0.5) is 17.1 Å². The molecular formula is C25H25N3O6. The van der Waals surface area contributed by atoms with Gasteiger partial charge < -0.3 is 24.3 Å². The smallest absolute Gasteiger partial charge is 0.310 e. The predicted octanol–water partition coefficient (Wildman–Crippen LogP) is 4.85. The minimum atomic E-state index is -0.568. The fourth-order valence-electron chi connectivity index (χ4n) is 3.02. The molecule has 0 fully saturated rings. The molecule has 0 atom stereocenters. The van der Waals surface area contributed by atoms with Gasteiger partial charge in [-0.2, -0.15) is 10.2 Å². The first-order valence-corrected chi connectivity index (χ1v) is 10.3. The lowest BCUT2D eigenvalue weighted by atomic mass is 10.1. The van der Waals surface area contributed by atoms with Crippen LogP contribution in [-0.4, -0.2) is 39.8 Å². The molecule has 0 radical (unpaired) electrons. The maximum Gasteiger partial charge on any atom is 0.310 e. The number of azo groups is 1. The van der Waals surface area contributed by atoms with Crippen LogP contribution >= 0.6 is 0 Å². The third-order valence-corrected chi connectivity index (χ3v) is 4.63. The highest BCUT2D eigenvalue weighted by molar-refractivity contribution is 5.93. The van der Waals surface area contributed by atoms with Crippen LogP contribution in [0.25, 0.3) is 0 Å². The number of nitrogens with zero attached hydrogens (tertiary/aromatic N) is 2. The Morgan fingerprint density at radius 1 is 0.794 bits per heavy atom. The van der Waals surface area contributed by atoms with Gasteiger partial charge in [0.2, 0.25) is 5.75 Å². The molecule has 1 amide bonds. The number of carbonyl (C=O) groups excluding carboxylic acids is 2. The first-order chi connectivity index (χ1) is 16.5. The number of esters is 1. The normalized spacial score (nSPS) is 10.6. The zero-order valence-electron chi connectivity index (χ0n) is 19.1. The summed E-state index contributed by atoms with van der Waals surface area (Å²) < 4.78 is 20.9. The summed E-state index contributed by atoms with van der Waals surface area (Å²) in [6, 6.07) is 19.5. The van der Waals surface area contributed by atoms with Gasteiger partial charge in [-0.15, -0.1) is 0 Å². The summed E-state index contributed by atoms with van der Waals surface area (Å²) in [5.41, 5.74) is 2.52. The number of ether oxygens (including phenoxy) is 4. The van der Waals surface area contributed by atoms with E-state index in [0.29, 0.717) is 34.2 Å². The average Bonchev–Trinajstić information content (AvgIpc) is 2.87. The van der Waals surface area contributed by atoms with Gasteiger partial charge >= 0.3 is 5.97 Å². The summed E-state index contributed by atoms with van der Waals surface area (Å²) in [5.74, 6) is 0.246. The lowest BCUT2D eigenvalue weighted by Crippen LogP contribution is -2.21. The highest BCUT2D eigenvalue weighted by Gasteiger charge is 2.16. The van der Waals surface area contributed by atoms with Gasteiger partial charge in [0.25, 0.3) is 5.91 Å². The number of carbonyl (C=O) groups is 2. The largest absolute Gasteiger partial charge is 0.493 e. The Labute approximate surface area is 197 Å². The second-order valence-corrected chi connectivity index (χ2v) is 7.00. The van der Waals surface area contributed by atoms with E-state index in [9.17, 15) is 9.59 Å². The van der Waals surface area contributed by atoms with Crippen LogP contribution in [0, 0.1) is 0 Å². The molecule has 0 aromatic heterocycles. The molecule has 0 bridgehead atoms. The highest BCUT2D eigenvalue weighted by Crippen LogP contribution is 2.38. The lowest BCUT2D eigenvalue weighted by Gasteiger charge is -2.14. The molecular weight excluding hydrogens is 438 g/mol. The molecule has 0 aliphatic carbocycles. The molecule has 0 spiro atoms. The Morgan fingerprint density at radius 2 is 1.38 bits per heavy atom. The number of benzene rings is 3. The molecule has 9 heteroatoms. The second-order valence-electron chi connectivity index (χ2n) is 7.00. The average molecular weight is 463 g/mol. The number of hydrogen-bond acceptors (Lipinski definition) is 8. The van der Waals surface area contributed by atoms with E-state index >= 15 is 0 Å². The van der Waals surface area contributed by atoms with Gasteiger partial charge in [0.1, 0.15) is 0 Å². The van der Waals surface area contributed by atoms with E-state index in [4.69, 9.17) is 18.9 Å². The van der Waals surface area contributed by atoms with Crippen molar-refractivity contribution in [2.45, 2.75) is 6.42 Å². The monoisotopic (exact) mass is 463 g/mol. The fraction of sp³-hybridized carbons (Fsp3) is 0.200. The third kappa shape index (κ3) is 6.80. The van der Waals surface area contributed by atoms with Crippen LogP contribution < -0.4 is 19.5 Å². The molecule has 3 aromatic carbocycles. The fourth-order valence-corrected chi connectivity index (χ4v) is 3.02. The third-order valence-electron chi connectivity index (χ3n) is 4.63. The predicted molar refractivity (Wildman–Crippen MR) is 126 cm³/mol. The lowest BCUT2D eigenvalue weighted by molar-refractivity contribution is -0.146. The molecule has 9 nitrogen and oxygen atoms in total. The molecule has 176 valence electrons. The summed E-state index contributed by atoms with van der Waals surface area (Å²) in [6.45, 7) is -0.418. The summed E-state index contributed by atoms with van der Waals surface area (Å²) in [6.07, 6.45) is -0.0644. The van der Waals surface area contributed by atoms with Gasteiger partial charge in [-0.1, -0.05) is 18.2 Å². The van der Waals surface area contributed by atoms with Crippen LogP contribution in [0.1, 0.15) is 5.56 Å². The first kappa shape index (κ1) is 24.2. The van der Waals surface area contributed by atoms with E-state index in [-0.39, 0.29) is 6.42 Å². The number of amides is 1. The number of nitrogens with one attached hydrogen (secondary N) is 1. The number of hydrogen-bond donors (Lipinski definition) is 1. The Hall–Kier alpha value is -4.40. The molecule has 3 rings (SSSR count). The molecule has 0 aliphatic heterocycles. The molecule has 0 aliphatic rings. The van der Waals surface area contributed by atoms with E-state index in [2.05, 4.69) is 15.5 Å². The van der Waals surface area contributed by atoms with Gasteiger partial charge in [-0.3, -0.25) is 9.59 Å². The summed E-state index contributed by atoms with van der Waals surface area (Å²) in [5, 5.41) is 11.0. The zero-order chi connectivity index (χ0) is 24.3. The topological polar surface area (TPSA) is 108 Å². The van der Waals surface area contributed by atoms with Crippen molar-refractivity contribution in [1.29, 1.82) is 0 Å². The SMILES string of the molecule is COc1cc(CC(=O)OCC(=O)Nc2ccc(N=Nc3ccccc3)cc2)cc(OC)c1OC. The zero-order valence-corrected chi connectivity index (χ0v) is 19.1. The minimum absolute atomic E-state index is 0.0644. The van der Waals surface area contributed by atoms with Crippen LogP contribution in [-0.2, 0) is 20.7 Å². The van der Waals surface area contributed by atoms with Crippen molar-refractivity contribution in [1.82, 2.24) is 0 Å². The van der Waals surface area contributed by atoms with Crippen LogP contribution in [0.15, 0.2) is 77.0 Å². The van der Waals surface area contributed by atoms with Crippen LogP contribution in [0.5, 0.6) is 17.2 Å². The number of rotatable bonds is 10. The molecule has 0 heterocycles. The van der Waals surface area contributed by atoms with Gasteiger partial charge in [-0.05, 0) is 54.1 Å². The molecule has 3 aromatic rings. The Kier molecular flexibility index (Phi) is 8.56. The van der Waals surface area contributed by atoms with Crippen molar-refractivity contribution >= 4 is 28.9 Å². The van der Waals surface area contributed by atoms with Crippen molar-refractivity contribution in [2.24, 2.45) is 10.2 Å². The van der Waals surface area contributed by atoms with Gasteiger partial charge in [0.15, 0.2) is 18.1 Å². The quantitative estimate of drug-likeness (QED) is 0.340. The van der Waals surface area contributed by atoms with Crippen molar-refractivity contribution in [3.8, 4) is 17.2 Å². The molecule has 0 saturated heterocycles. The standard InChI is InChI=1S/C25H25N3O6/c1-31-21-13-17(14-22(32-2)25(21)33-3)15-24(30)34-16-23(29)26-18-9-11-20(12-10-18)28-27-19-7-5-4-6-8-19/h4-14H,15-16H2,1-3H3,(H,26,29). The Balaban J connectivity index is 1.50. The van der Waals surface area contributed by atoms with Crippen molar-refractivity contribution < 1.29 is 28.5 Å². The maximum absolute atomic E-state index is 12.2.